The van der Waals surface area contributed by atoms with Gasteiger partial charge in [0.05, 0.1) is 54.1 Å². The highest BCUT2D eigenvalue weighted by molar-refractivity contribution is 5.88. The summed E-state index contributed by atoms with van der Waals surface area (Å²) in [6, 6.07) is 36.7. The van der Waals surface area contributed by atoms with E-state index in [2.05, 4.69) is 210 Å². The number of Topliss-reactive ketones (excluding diaryl/α,β-unsaturated/α-hetero) is 1. The Morgan fingerprint density at radius 3 is 0.891 bits per heavy atom. The summed E-state index contributed by atoms with van der Waals surface area (Å²) >= 11 is 0. The van der Waals surface area contributed by atoms with Gasteiger partial charge in [0.15, 0.2) is 5.78 Å². The van der Waals surface area contributed by atoms with E-state index >= 15 is 0 Å². The lowest BCUT2D eigenvalue weighted by atomic mass is 9.78. The Balaban J connectivity index is 0.000000196. The Morgan fingerprint density at radius 2 is 0.652 bits per heavy atom. The average molecular weight is 1280 g/mol. The number of hydrogen-bond donors (Lipinski definition) is 11. The van der Waals surface area contributed by atoms with Crippen LogP contribution in [0.25, 0.3) is 0 Å². The second kappa shape index (κ2) is 38.1. The Labute approximate surface area is 558 Å². The Bertz CT molecular complexity index is 2470. The first-order valence-corrected chi connectivity index (χ1v) is 35.5. The lowest BCUT2D eigenvalue weighted by Gasteiger charge is -2.41. The van der Waals surface area contributed by atoms with Crippen LogP contribution in [0.15, 0.2) is 97.1 Å². The molecule has 11 N–H and O–H groups in total. The van der Waals surface area contributed by atoms with Gasteiger partial charge in [-0.25, -0.2) is 0 Å². The third-order valence-corrected chi connectivity index (χ3v) is 18.2. The first-order valence-electron chi connectivity index (χ1n) is 35.5. The average Bonchev–Trinajstić information content (AvgIpc) is 1.48. The van der Waals surface area contributed by atoms with Crippen molar-refractivity contribution in [1.82, 2.24) is 37.2 Å². The van der Waals surface area contributed by atoms with E-state index < -0.39 is 0 Å². The fourth-order valence-electron chi connectivity index (χ4n) is 14.1. The van der Waals surface area contributed by atoms with E-state index in [0.29, 0.717) is 84.7 Å². The van der Waals surface area contributed by atoms with Gasteiger partial charge < -0.3 is 67.1 Å². The van der Waals surface area contributed by atoms with E-state index in [1.165, 1.54) is 63.8 Å². The summed E-state index contributed by atoms with van der Waals surface area (Å²) in [6.07, 6.45) is 10.8. The molecule has 1 saturated carbocycles. The standard InChI is InChI=1S/C13H25NO2.4C12H17NO.C9H19NO.C8H17N/c1-10(2)9-12(15)13(14-11(3)4)5-7-16-8-6-13;4*1-8(2)13-12-10-6-4-3-5-9(10)7-11(12)14;1-8(2)10-9(3)4-6-11-7-5-9;1-7(2)9-8(3)5-4-6-8/h10-11,14H,5-9H2,1-4H3;4*3-6,8,11-14H,7H2,1-2H3;8,10H,4-7H2,1-3H3;7,9H,4-6H2,1-3H3/t;2*11-,12+;2*11-,12-;;/m.1010../s1. The quantitative estimate of drug-likeness (QED) is 0.0477. The molecule has 518 valence electrons. The van der Waals surface area contributed by atoms with E-state index in [0.717, 1.165) is 64.6 Å². The minimum Gasteiger partial charge on any atom is -0.391 e. The van der Waals surface area contributed by atoms with Crippen LogP contribution in [0.1, 0.15) is 245 Å². The molecule has 5 aliphatic carbocycles. The molecule has 14 nitrogen and oxygen atoms in total. The van der Waals surface area contributed by atoms with Gasteiger partial charge in [-0.1, -0.05) is 194 Å². The molecule has 4 aromatic rings. The molecule has 0 amide bonds. The fourth-order valence-corrected chi connectivity index (χ4v) is 14.1. The van der Waals surface area contributed by atoms with E-state index in [4.69, 9.17) is 9.47 Å². The van der Waals surface area contributed by atoms with Crippen LogP contribution >= 0.6 is 0 Å². The summed E-state index contributed by atoms with van der Waals surface area (Å²) in [6.45, 7) is 41.9. The minimum absolute atomic E-state index is 0.117. The summed E-state index contributed by atoms with van der Waals surface area (Å²) in [7, 11) is 0. The number of carbonyl (C=O) groups is 1. The van der Waals surface area contributed by atoms with Crippen LogP contribution in [0, 0.1) is 5.92 Å². The molecule has 2 heterocycles. The number of carbonyl (C=O) groups excluding carboxylic acids is 1. The van der Waals surface area contributed by atoms with Gasteiger partial charge in [-0.3, -0.25) is 4.79 Å². The number of ketones is 1. The SMILES string of the molecule is CC(C)CC(=O)C1(NC(C)C)CCOCC1.CC(C)NC1(C)CCC1.CC(C)NC1(C)CCOCC1.CC(C)N[C@@H]1c2ccccc2C[C@@H]1O.CC(C)N[C@@H]1c2ccccc2C[C@H]1O.CC(C)N[C@H]1c2ccccc2C[C@@H]1O.CC(C)N[C@H]1c2ccccc2C[C@H]1O. The van der Waals surface area contributed by atoms with E-state index in [-0.39, 0.29) is 54.1 Å². The third kappa shape index (κ3) is 25.2. The molecule has 0 bridgehead atoms. The lowest BCUT2D eigenvalue weighted by molar-refractivity contribution is -0.130. The van der Waals surface area contributed by atoms with Gasteiger partial charge in [-0.05, 0) is 123 Å². The molecule has 0 unspecified atom stereocenters. The van der Waals surface area contributed by atoms with Crippen molar-refractivity contribution in [3.63, 3.8) is 0 Å². The van der Waals surface area contributed by atoms with Crippen molar-refractivity contribution in [2.75, 3.05) is 26.4 Å². The van der Waals surface area contributed by atoms with Crippen molar-refractivity contribution in [1.29, 1.82) is 0 Å². The number of rotatable bonds is 17. The molecule has 0 radical (unpaired) electrons. The zero-order chi connectivity index (χ0) is 67.9. The number of fused-ring (bicyclic) bond motifs is 4. The molecule has 8 atom stereocenters. The number of benzene rings is 4. The summed E-state index contributed by atoms with van der Waals surface area (Å²) < 4.78 is 10.7. The molecule has 4 aromatic carbocycles. The van der Waals surface area contributed by atoms with E-state index in [1.807, 2.05) is 48.5 Å². The third-order valence-electron chi connectivity index (χ3n) is 18.2. The molecule has 0 spiro atoms. The number of nitrogens with one attached hydrogen (secondary N) is 7. The summed E-state index contributed by atoms with van der Waals surface area (Å²) in [4.78, 5) is 12.3. The molecule has 11 rings (SSSR count). The zero-order valence-corrected chi connectivity index (χ0v) is 60.3. The molecule has 3 fully saturated rings. The second-order valence-corrected chi connectivity index (χ2v) is 30.3. The summed E-state index contributed by atoms with van der Waals surface area (Å²) in [5.74, 6) is 0.792. The predicted octanol–water partition coefficient (Wildman–Crippen LogP) is 12.2. The number of aliphatic hydroxyl groups is 4. The van der Waals surface area contributed by atoms with Crippen LogP contribution < -0.4 is 37.2 Å². The Morgan fingerprint density at radius 1 is 0.391 bits per heavy atom. The minimum atomic E-state index is -0.323. The first-order chi connectivity index (χ1) is 43.4. The molecule has 92 heavy (non-hydrogen) atoms. The van der Waals surface area contributed by atoms with Crippen molar-refractivity contribution in [3.05, 3.63) is 142 Å². The Kier molecular flexibility index (Phi) is 32.6. The number of aliphatic hydroxyl groups excluding tert-OH is 4. The van der Waals surface area contributed by atoms with Gasteiger partial charge in [0.2, 0.25) is 0 Å². The van der Waals surface area contributed by atoms with Crippen LogP contribution in [0.5, 0.6) is 0 Å². The molecule has 14 heteroatoms. The molecule has 2 aliphatic heterocycles. The van der Waals surface area contributed by atoms with Gasteiger partial charge in [0.25, 0.3) is 0 Å². The van der Waals surface area contributed by atoms with Gasteiger partial charge in [0, 0.05) is 112 Å². The lowest BCUT2D eigenvalue weighted by Crippen LogP contribution is -2.57. The monoisotopic (exact) mass is 1280 g/mol. The van der Waals surface area contributed by atoms with Crippen molar-refractivity contribution in [2.45, 2.75) is 309 Å². The maximum absolute atomic E-state index is 12.3. The predicted molar refractivity (Wildman–Crippen MR) is 381 cm³/mol. The molecule has 0 aromatic heterocycles. The zero-order valence-electron chi connectivity index (χ0n) is 60.3. The molecule has 7 aliphatic rings. The van der Waals surface area contributed by atoms with Gasteiger partial charge in [-0.2, -0.15) is 0 Å². The van der Waals surface area contributed by atoms with Crippen LogP contribution in [-0.4, -0.2) is 136 Å². The second-order valence-electron chi connectivity index (χ2n) is 30.3. The van der Waals surface area contributed by atoms with Crippen LogP contribution in [0.3, 0.4) is 0 Å². The number of hydrogen-bond acceptors (Lipinski definition) is 14. The highest BCUT2D eigenvalue weighted by Crippen LogP contribution is 2.36. The first kappa shape index (κ1) is 78.7. The maximum Gasteiger partial charge on any atom is 0.153 e. The Hall–Kier alpha value is -3.97. The van der Waals surface area contributed by atoms with Gasteiger partial charge in [0.1, 0.15) is 0 Å². The maximum atomic E-state index is 12.3. The highest BCUT2D eigenvalue weighted by Gasteiger charge is 2.40. The number of ether oxygens (including phenoxy) is 2. The van der Waals surface area contributed by atoms with E-state index in [9.17, 15) is 25.2 Å². The van der Waals surface area contributed by atoms with Crippen LogP contribution in [0.2, 0.25) is 0 Å². The largest absolute Gasteiger partial charge is 0.391 e. The van der Waals surface area contributed by atoms with Crippen LogP contribution in [-0.2, 0) is 40.0 Å². The topological polar surface area (TPSA) is 201 Å². The smallest absolute Gasteiger partial charge is 0.153 e. The summed E-state index contributed by atoms with van der Waals surface area (Å²) in [5, 5.41) is 63.8. The fraction of sp³-hybridized carbons (Fsp3) is 0.679. The van der Waals surface area contributed by atoms with Crippen LogP contribution in [0.4, 0.5) is 0 Å². The highest BCUT2D eigenvalue weighted by atomic mass is 16.5. The van der Waals surface area contributed by atoms with Crippen molar-refractivity contribution < 1.29 is 34.7 Å². The summed E-state index contributed by atoms with van der Waals surface area (Å²) in [5.41, 5.74) is 10.6. The van der Waals surface area contributed by atoms with Crippen molar-refractivity contribution in [3.8, 4) is 0 Å². The van der Waals surface area contributed by atoms with Gasteiger partial charge in [-0.15, -0.1) is 0 Å². The molecular weight excluding hydrogens is 1150 g/mol. The van der Waals surface area contributed by atoms with Gasteiger partial charge >= 0.3 is 0 Å². The normalized spacial score (nSPS) is 24.2. The molecule has 2 saturated heterocycles. The molecular formula is C78H129N7O7. The van der Waals surface area contributed by atoms with Crippen molar-refractivity contribution >= 4 is 5.78 Å². The van der Waals surface area contributed by atoms with Crippen molar-refractivity contribution in [2.24, 2.45) is 5.92 Å². The van der Waals surface area contributed by atoms with E-state index in [1.54, 1.807) is 0 Å².